The number of piperazine rings is 1. The van der Waals surface area contributed by atoms with Crippen LogP contribution >= 0.6 is 0 Å². The normalized spacial score (nSPS) is 28.2. The summed E-state index contributed by atoms with van der Waals surface area (Å²) < 4.78 is 0. The molecule has 3 rings (SSSR count). The Kier molecular flexibility index (Phi) is 6.13. The van der Waals surface area contributed by atoms with Crippen molar-refractivity contribution >= 4 is 5.91 Å². The Bertz CT molecular complexity index is 348. The molecule has 2 saturated heterocycles. The van der Waals surface area contributed by atoms with Crippen LogP contribution in [0.25, 0.3) is 0 Å². The van der Waals surface area contributed by atoms with Gasteiger partial charge in [0.1, 0.15) is 0 Å². The number of hydrogen-bond donors (Lipinski definition) is 1. The minimum absolute atomic E-state index is 0.366. The molecule has 1 amide bonds. The summed E-state index contributed by atoms with van der Waals surface area (Å²) in [7, 11) is 0. The van der Waals surface area contributed by atoms with Gasteiger partial charge in [-0.25, -0.2) is 0 Å². The highest BCUT2D eigenvalue weighted by atomic mass is 16.2. The molecule has 0 spiro atoms. The van der Waals surface area contributed by atoms with E-state index in [-0.39, 0.29) is 0 Å². The molecule has 0 bridgehead atoms. The summed E-state index contributed by atoms with van der Waals surface area (Å²) in [6, 6.07) is 0.763. The van der Waals surface area contributed by atoms with Crippen LogP contribution in [-0.4, -0.2) is 61.0 Å². The average Bonchev–Trinajstić information content (AvgIpc) is 3.01. The lowest BCUT2D eigenvalue weighted by Gasteiger charge is -2.31. The van der Waals surface area contributed by atoms with Crippen LogP contribution in [-0.2, 0) is 4.79 Å². The first-order chi connectivity index (χ1) is 10.8. The Hall–Kier alpha value is -0.610. The Morgan fingerprint density at radius 1 is 0.955 bits per heavy atom. The number of nitrogens with zero attached hydrogens (tertiary/aromatic N) is 2. The van der Waals surface area contributed by atoms with E-state index in [1.54, 1.807) is 0 Å². The zero-order chi connectivity index (χ0) is 15.2. The fraction of sp³-hybridized carbons (Fsp3) is 0.944. The van der Waals surface area contributed by atoms with Gasteiger partial charge in [-0.3, -0.25) is 9.69 Å². The van der Waals surface area contributed by atoms with Crippen molar-refractivity contribution in [2.45, 2.75) is 63.8 Å². The van der Waals surface area contributed by atoms with E-state index in [2.05, 4.69) is 10.2 Å². The van der Waals surface area contributed by atoms with Gasteiger partial charge in [0.05, 0.1) is 0 Å². The second-order valence-electron chi connectivity index (χ2n) is 7.45. The molecule has 3 fully saturated rings. The van der Waals surface area contributed by atoms with Crippen molar-refractivity contribution in [1.29, 1.82) is 0 Å². The fourth-order valence-corrected chi connectivity index (χ4v) is 4.58. The molecule has 2 heterocycles. The number of likely N-dealkylation sites (tertiary alicyclic amines) is 1. The Balaban J connectivity index is 1.41. The fourth-order valence-electron chi connectivity index (χ4n) is 4.58. The Morgan fingerprint density at radius 2 is 1.73 bits per heavy atom. The third kappa shape index (κ3) is 4.45. The molecule has 0 radical (unpaired) electrons. The highest BCUT2D eigenvalue weighted by Crippen LogP contribution is 2.32. The zero-order valence-corrected chi connectivity index (χ0v) is 14.1. The molecule has 0 aromatic rings. The van der Waals surface area contributed by atoms with E-state index >= 15 is 0 Å². The van der Waals surface area contributed by atoms with Crippen LogP contribution in [0.2, 0.25) is 0 Å². The maximum Gasteiger partial charge on any atom is 0.223 e. The predicted molar refractivity (Wildman–Crippen MR) is 89.9 cm³/mol. The number of nitrogens with one attached hydrogen (secondary N) is 1. The van der Waals surface area contributed by atoms with E-state index in [4.69, 9.17) is 0 Å². The van der Waals surface area contributed by atoms with E-state index in [0.29, 0.717) is 5.91 Å². The standard InChI is InChI=1S/C18H33N3O/c22-18(21-13-9-19-10-14-21)8-12-20-11-4-7-17(20)15-16-5-2-1-3-6-16/h16-17,19H,1-15H2. The van der Waals surface area contributed by atoms with Gasteiger partial charge in [0, 0.05) is 45.2 Å². The monoisotopic (exact) mass is 307 g/mol. The topological polar surface area (TPSA) is 35.6 Å². The lowest BCUT2D eigenvalue weighted by atomic mass is 9.84. The van der Waals surface area contributed by atoms with Gasteiger partial charge in [0.15, 0.2) is 0 Å². The maximum atomic E-state index is 12.3. The molecular weight excluding hydrogens is 274 g/mol. The van der Waals surface area contributed by atoms with E-state index in [1.165, 1.54) is 57.9 Å². The number of carbonyl (C=O) groups is 1. The van der Waals surface area contributed by atoms with Crippen molar-refractivity contribution < 1.29 is 4.79 Å². The van der Waals surface area contributed by atoms with Crippen LogP contribution in [0, 0.1) is 5.92 Å². The highest BCUT2D eigenvalue weighted by Gasteiger charge is 2.28. The number of amides is 1. The van der Waals surface area contributed by atoms with Crippen LogP contribution in [0.4, 0.5) is 0 Å². The van der Waals surface area contributed by atoms with Gasteiger partial charge in [-0.15, -0.1) is 0 Å². The summed E-state index contributed by atoms with van der Waals surface area (Å²) in [6.07, 6.45) is 12.0. The Labute approximate surface area is 135 Å². The van der Waals surface area contributed by atoms with Gasteiger partial charge >= 0.3 is 0 Å². The van der Waals surface area contributed by atoms with Crippen LogP contribution in [0.1, 0.15) is 57.8 Å². The number of rotatable bonds is 5. The summed E-state index contributed by atoms with van der Waals surface area (Å²) in [5.41, 5.74) is 0. The van der Waals surface area contributed by atoms with Crippen molar-refractivity contribution in [2.75, 3.05) is 39.3 Å². The summed E-state index contributed by atoms with van der Waals surface area (Å²) in [6.45, 7) is 5.90. The van der Waals surface area contributed by atoms with Gasteiger partial charge in [-0.1, -0.05) is 32.1 Å². The molecular formula is C18H33N3O. The minimum atomic E-state index is 0.366. The van der Waals surface area contributed by atoms with Crippen LogP contribution < -0.4 is 5.32 Å². The molecule has 1 unspecified atom stereocenters. The van der Waals surface area contributed by atoms with Gasteiger partial charge in [0.25, 0.3) is 0 Å². The molecule has 4 heteroatoms. The van der Waals surface area contributed by atoms with Gasteiger partial charge in [-0.05, 0) is 31.7 Å². The van der Waals surface area contributed by atoms with Gasteiger partial charge in [-0.2, -0.15) is 0 Å². The molecule has 1 atom stereocenters. The predicted octanol–water partition coefficient (Wildman–Crippen LogP) is 2.24. The first kappa shape index (κ1) is 16.3. The number of hydrogen-bond acceptors (Lipinski definition) is 3. The SMILES string of the molecule is O=C(CCN1CCCC1CC1CCCCC1)N1CCNCC1. The molecule has 126 valence electrons. The lowest BCUT2D eigenvalue weighted by molar-refractivity contribution is -0.132. The zero-order valence-electron chi connectivity index (χ0n) is 14.1. The third-order valence-corrected chi connectivity index (χ3v) is 5.91. The molecule has 0 aromatic heterocycles. The van der Waals surface area contributed by atoms with Crippen molar-refractivity contribution in [3.63, 3.8) is 0 Å². The summed E-state index contributed by atoms with van der Waals surface area (Å²) >= 11 is 0. The van der Waals surface area contributed by atoms with Crippen LogP contribution in [0.15, 0.2) is 0 Å². The van der Waals surface area contributed by atoms with E-state index in [1.807, 2.05) is 4.90 Å². The Morgan fingerprint density at radius 3 is 2.50 bits per heavy atom. The molecule has 0 aromatic carbocycles. The van der Waals surface area contributed by atoms with E-state index < -0.39 is 0 Å². The highest BCUT2D eigenvalue weighted by molar-refractivity contribution is 5.76. The van der Waals surface area contributed by atoms with Crippen molar-refractivity contribution in [1.82, 2.24) is 15.1 Å². The van der Waals surface area contributed by atoms with Gasteiger partial charge in [0.2, 0.25) is 5.91 Å². The van der Waals surface area contributed by atoms with Gasteiger partial charge < -0.3 is 10.2 Å². The van der Waals surface area contributed by atoms with E-state index in [9.17, 15) is 4.79 Å². The smallest absolute Gasteiger partial charge is 0.223 e. The maximum absolute atomic E-state index is 12.3. The molecule has 4 nitrogen and oxygen atoms in total. The summed E-state index contributed by atoms with van der Waals surface area (Å²) in [4.78, 5) is 17.0. The second-order valence-corrected chi connectivity index (χ2v) is 7.45. The average molecular weight is 307 g/mol. The third-order valence-electron chi connectivity index (χ3n) is 5.91. The summed E-state index contributed by atoms with van der Waals surface area (Å²) in [5.74, 6) is 1.33. The quantitative estimate of drug-likeness (QED) is 0.846. The molecule has 3 aliphatic rings. The van der Waals surface area contributed by atoms with E-state index in [0.717, 1.165) is 51.1 Å². The second kappa shape index (κ2) is 8.30. The van der Waals surface area contributed by atoms with Crippen LogP contribution in [0.5, 0.6) is 0 Å². The largest absolute Gasteiger partial charge is 0.340 e. The number of carbonyl (C=O) groups excluding carboxylic acids is 1. The van der Waals surface area contributed by atoms with Crippen molar-refractivity contribution in [3.8, 4) is 0 Å². The van der Waals surface area contributed by atoms with Crippen molar-refractivity contribution in [2.24, 2.45) is 5.92 Å². The summed E-state index contributed by atoms with van der Waals surface area (Å²) in [5, 5.41) is 3.32. The first-order valence-corrected chi connectivity index (χ1v) is 9.55. The van der Waals surface area contributed by atoms with Crippen molar-refractivity contribution in [3.05, 3.63) is 0 Å². The lowest BCUT2D eigenvalue weighted by Crippen LogP contribution is -2.47. The molecule has 1 N–H and O–H groups in total. The molecule has 1 saturated carbocycles. The van der Waals surface area contributed by atoms with Crippen LogP contribution in [0.3, 0.4) is 0 Å². The first-order valence-electron chi connectivity index (χ1n) is 9.55. The molecule has 22 heavy (non-hydrogen) atoms. The molecule has 1 aliphatic carbocycles. The molecule has 2 aliphatic heterocycles. The minimum Gasteiger partial charge on any atom is -0.340 e.